The molecule has 0 amide bonds. The third-order valence-electron chi connectivity index (χ3n) is 4.55. The van der Waals surface area contributed by atoms with Gasteiger partial charge in [-0.3, -0.25) is 9.59 Å². The van der Waals surface area contributed by atoms with Gasteiger partial charge in [0, 0.05) is 17.2 Å². The van der Waals surface area contributed by atoms with Gasteiger partial charge in [0.2, 0.25) is 0 Å². The molecular weight excluding hydrogens is 238 g/mol. The molecule has 102 valence electrons. The van der Waals surface area contributed by atoms with Crippen molar-refractivity contribution in [2.45, 2.75) is 39.5 Å². The van der Waals surface area contributed by atoms with Crippen LogP contribution in [0, 0.1) is 17.8 Å². The Labute approximate surface area is 114 Å². The number of Topliss-reactive ketones (excluding diaryl/α,β-unsaturated/α-hetero) is 2. The van der Waals surface area contributed by atoms with Crippen LogP contribution in [0.5, 0.6) is 0 Å². The smallest absolute Gasteiger partial charge is 0.159 e. The molecule has 0 bridgehead atoms. The van der Waals surface area contributed by atoms with Gasteiger partial charge in [-0.25, -0.2) is 0 Å². The van der Waals surface area contributed by atoms with Crippen molar-refractivity contribution < 1.29 is 9.59 Å². The summed E-state index contributed by atoms with van der Waals surface area (Å²) in [6, 6.07) is 0. The van der Waals surface area contributed by atoms with Crippen LogP contribution in [0.15, 0.2) is 22.9 Å². The second-order valence-corrected chi connectivity index (χ2v) is 6.05. The van der Waals surface area contributed by atoms with Crippen molar-refractivity contribution in [3.63, 3.8) is 0 Å². The average molecular weight is 259 g/mol. The molecule has 0 aliphatic heterocycles. The van der Waals surface area contributed by atoms with Gasteiger partial charge in [-0.1, -0.05) is 6.08 Å². The Balaban J connectivity index is 1.74. The molecule has 1 N–H and O–H groups in total. The Morgan fingerprint density at radius 1 is 1.37 bits per heavy atom. The molecule has 2 unspecified atom stereocenters. The lowest BCUT2D eigenvalue weighted by Gasteiger charge is -2.14. The maximum Gasteiger partial charge on any atom is 0.159 e. The third-order valence-corrected chi connectivity index (χ3v) is 4.55. The molecule has 19 heavy (non-hydrogen) atoms. The first-order chi connectivity index (χ1) is 9.11. The molecule has 0 saturated heterocycles. The van der Waals surface area contributed by atoms with Crippen LogP contribution in [0.1, 0.15) is 39.5 Å². The lowest BCUT2D eigenvalue weighted by Crippen LogP contribution is -2.24. The van der Waals surface area contributed by atoms with Crippen molar-refractivity contribution in [3.05, 3.63) is 22.9 Å². The molecule has 0 radical (unpaired) electrons. The van der Waals surface area contributed by atoms with Gasteiger partial charge in [0.05, 0.1) is 6.54 Å². The van der Waals surface area contributed by atoms with Crippen molar-refractivity contribution in [1.82, 2.24) is 5.32 Å². The first-order valence-corrected chi connectivity index (χ1v) is 7.29. The summed E-state index contributed by atoms with van der Waals surface area (Å²) in [5, 5.41) is 3.32. The van der Waals surface area contributed by atoms with Gasteiger partial charge in [0.15, 0.2) is 11.6 Å². The highest BCUT2D eigenvalue weighted by Crippen LogP contribution is 2.56. The number of hydrogen-bond donors (Lipinski definition) is 1. The van der Waals surface area contributed by atoms with Crippen molar-refractivity contribution in [2.75, 3.05) is 6.54 Å². The number of ketones is 2. The predicted molar refractivity (Wildman–Crippen MR) is 73.4 cm³/mol. The zero-order valence-corrected chi connectivity index (χ0v) is 11.7. The van der Waals surface area contributed by atoms with Crippen molar-refractivity contribution in [3.8, 4) is 0 Å². The first kappa shape index (κ1) is 12.6. The largest absolute Gasteiger partial charge is 0.381 e. The third kappa shape index (κ3) is 2.38. The Bertz CT molecular complexity index is 497. The predicted octanol–water partition coefficient (Wildman–Crippen LogP) is 2.38. The SMILES string of the molecule is C/C=C(/C(C)=O)C1=C(NCC(=O)C2CC2)CC2CC12. The minimum atomic E-state index is 0.137. The summed E-state index contributed by atoms with van der Waals surface area (Å²) in [5.74, 6) is 2.05. The van der Waals surface area contributed by atoms with Gasteiger partial charge < -0.3 is 5.32 Å². The molecule has 2 saturated carbocycles. The van der Waals surface area contributed by atoms with Gasteiger partial charge in [-0.15, -0.1) is 0 Å². The minimum Gasteiger partial charge on any atom is -0.381 e. The molecule has 2 fully saturated rings. The second-order valence-electron chi connectivity index (χ2n) is 6.05. The monoisotopic (exact) mass is 259 g/mol. The molecule has 3 aliphatic rings. The zero-order valence-electron chi connectivity index (χ0n) is 11.7. The van der Waals surface area contributed by atoms with E-state index in [1.165, 1.54) is 12.0 Å². The fraction of sp³-hybridized carbons (Fsp3) is 0.625. The van der Waals surface area contributed by atoms with Gasteiger partial charge in [-0.2, -0.15) is 0 Å². The molecule has 0 aromatic rings. The molecule has 2 atom stereocenters. The number of fused-ring (bicyclic) bond motifs is 1. The van der Waals surface area contributed by atoms with Crippen molar-refractivity contribution >= 4 is 11.6 Å². The number of carbonyl (C=O) groups is 2. The van der Waals surface area contributed by atoms with Gasteiger partial charge in [0.25, 0.3) is 0 Å². The van der Waals surface area contributed by atoms with E-state index in [4.69, 9.17) is 0 Å². The molecule has 3 rings (SSSR count). The Morgan fingerprint density at radius 2 is 2.11 bits per heavy atom. The molecule has 3 nitrogen and oxygen atoms in total. The number of rotatable bonds is 6. The highest BCUT2D eigenvalue weighted by atomic mass is 16.1. The van der Waals surface area contributed by atoms with Crippen LogP contribution >= 0.6 is 0 Å². The fourth-order valence-electron chi connectivity index (χ4n) is 3.24. The van der Waals surface area contributed by atoms with Crippen LogP contribution in [0.2, 0.25) is 0 Å². The Morgan fingerprint density at radius 3 is 2.68 bits per heavy atom. The molecule has 3 heteroatoms. The molecule has 0 aromatic heterocycles. The van der Waals surface area contributed by atoms with Gasteiger partial charge in [0.1, 0.15) is 0 Å². The van der Waals surface area contributed by atoms with E-state index in [2.05, 4.69) is 5.32 Å². The standard InChI is InChI=1S/C16H21NO2/c1-3-12(9(2)18)16-13-6-11(13)7-14(16)17-8-15(19)10-4-5-10/h3,10-11,13,17H,4-8H2,1-2H3/b12-3-. The average Bonchev–Trinajstić information content (AvgIpc) is 3.27. The summed E-state index contributed by atoms with van der Waals surface area (Å²) >= 11 is 0. The first-order valence-electron chi connectivity index (χ1n) is 7.29. The number of nitrogens with one attached hydrogen (secondary N) is 1. The normalized spacial score (nSPS) is 29.3. The van der Waals surface area contributed by atoms with E-state index >= 15 is 0 Å². The summed E-state index contributed by atoms with van der Waals surface area (Å²) in [5.41, 5.74) is 3.20. The van der Waals surface area contributed by atoms with E-state index in [0.29, 0.717) is 30.1 Å². The summed E-state index contributed by atoms with van der Waals surface area (Å²) in [6.45, 7) is 4.00. The highest BCUT2D eigenvalue weighted by molar-refractivity contribution is 5.98. The van der Waals surface area contributed by atoms with Crippen LogP contribution in [0.25, 0.3) is 0 Å². The lowest BCUT2D eigenvalue weighted by molar-refractivity contribution is -0.119. The van der Waals surface area contributed by atoms with Gasteiger partial charge in [-0.05, 0) is 56.9 Å². The van der Waals surface area contributed by atoms with Crippen LogP contribution in [0.4, 0.5) is 0 Å². The molecule has 0 aromatic carbocycles. The lowest BCUT2D eigenvalue weighted by atomic mass is 9.98. The number of hydrogen-bond acceptors (Lipinski definition) is 3. The second kappa shape index (κ2) is 4.62. The summed E-state index contributed by atoms with van der Waals surface area (Å²) in [7, 11) is 0. The molecule has 3 aliphatic carbocycles. The quantitative estimate of drug-likeness (QED) is 0.745. The Kier molecular flexibility index (Phi) is 3.08. The fourth-order valence-corrected chi connectivity index (χ4v) is 3.24. The van der Waals surface area contributed by atoms with E-state index in [0.717, 1.165) is 30.5 Å². The Hall–Kier alpha value is -1.38. The van der Waals surface area contributed by atoms with Crippen molar-refractivity contribution in [1.29, 1.82) is 0 Å². The van der Waals surface area contributed by atoms with Crippen molar-refractivity contribution in [2.24, 2.45) is 17.8 Å². The van der Waals surface area contributed by atoms with Crippen LogP contribution in [-0.4, -0.2) is 18.1 Å². The van der Waals surface area contributed by atoms with Crippen LogP contribution < -0.4 is 5.32 Å². The van der Waals surface area contributed by atoms with E-state index in [1.54, 1.807) is 6.92 Å². The maximum atomic E-state index is 11.8. The highest BCUT2D eigenvalue weighted by Gasteiger charge is 2.48. The molecule has 0 heterocycles. The van der Waals surface area contributed by atoms with E-state index in [1.807, 2.05) is 13.0 Å². The molecular formula is C16H21NO2. The minimum absolute atomic E-state index is 0.137. The van der Waals surface area contributed by atoms with E-state index in [9.17, 15) is 9.59 Å². The van der Waals surface area contributed by atoms with E-state index in [-0.39, 0.29) is 5.78 Å². The number of allylic oxidation sites excluding steroid dienone is 4. The summed E-state index contributed by atoms with van der Waals surface area (Å²) in [4.78, 5) is 23.5. The van der Waals surface area contributed by atoms with E-state index < -0.39 is 0 Å². The zero-order chi connectivity index (χ0) is 13.6. The summed E-state index contributed by atoms with van der Waals surface area (Å²) < 4.78 is 0. The topological polar surface area (TPSA) is 46.2 Å². The molecule has 0 spiro atoms. The number of carbonyl (C=O) groups excluding carboxylic acids is 2. The summed E-state index contributed by atoms with van der Waals surface area (Å²) in [6.07, 6.45) is 6.27. The maximum absolute atomic E-state index is 11.8. The van der Waals surface area contributed by atoms with Crippen LogP contribution in [0.3, 0.4) is 0 Å². The van der Waals surface area contributed by atoms with Crippen LogP contribution in [-0.2, 0) is 9.59 Å². The van der Waals surface area contributed by atoms with Gasteiger partial charge >= 0.3 is 0 Å².